The Morgan fingerprint density at radius 3 is 2.71 bits per heavy atom. The summed E-state index contributed by atoms with van der Waals surface area (Å²) in [7, 11) is 0. The summed E-state index contributed by atoms with van der Waals surface area (Å²) >= 11 is 0. The maximum atomic E-state index is 12.4. The molecule has 0 radical (unpaired) electrons. The van der Waals surface area contributed by atoms with Gasteiger partial charge in [0.1, 0.15) is 6.10 Å². The zero-order valence-electron chi connectivity index (χ0n) is 10.3. The van der Waals surface area contributed by atoms with E-state index in [0.29, 0.717) is 12.6 Å². The molecule has 3 atom stereocenters. The number of ether oxygens (including phenoxy) is 2. The molecular formula is C13H21NO3. The molecular weight excluding hydrogens is 218 g/mol. The minimum absolute atomic E-state index is 0.171. The van der Waals surface area contributed by atoms with Crippen molar-refractivity contribution in [3.8, 4) is 0 Å². The third kappa shape index (κ3) is 2.20. The lowest BCUT2D eigenvalue weighted by atomic mass is 9.90. The molecule has 0 unspecified atom stereocenters. The number of morpholine rings is 1. The molecule has 0 bridgehead atoms. The van der Waals surface area contributed by atoms with Crippen LogP contribution in [0.3, 0.4) is 0 Å². The van der Waals surface area contributed by atoms with Crippen LogP contribution in [-0.2, 0) is 14.3 Å². The summed E-state index contributed by atoms with van der Waals surface area (Å²) in [6, 6.07) is 0.314. The molecule has 3 rings (SSSR count). The van der Waals surface area contributed by atoms with Crippen molar-refractivity contribution < 1.29 is 14.3 Å². The SMILES string of the molecule is O=C([C@@H]1CCCO1)N1CCO[C@@H]2CCCC[C@@H]21. The van der Waals surface area contributed by atoms with Crippen LogP contribution in [0.25, 0.3) is 0 Å². The fourth-order valence-electron chi connectivity index (χ4n) is 3.33. The summed E-state index contributed by atoms with van der Waals surface area (Å²) in [6.07, 6.45) is 6.70. The van der Waals surface area contributed by atoms with Crippen LogP contribution in [0.2, 0.25) is 0 Å². The van der Waals surface area contributed by atoms with E-state index in [1.807, 2.05) is 4.90 Å². The van der Waals surface area contributed by atoms with Crippen molar-refractivity contribution in [2.45, 2.75) is 56.8 Å². The summed E-state index contributed by atoms with van der Waals surface area (Å²) in [4.78, 5) is 14.4. The van der Waals surface area contributed by atoms with E-state index in [9.17, 15) is 4.79 Å². The molecule has 0 aromatic carbocycles. The van der Waals surface area contributed by atoms with Gasteiger partial charge in [0.25, 0.3) is 5.91 Å². The molecule has 0 spiro atoms. The van der Waals surface area contributed by atoms with Crippen molar-refractivity contribution in [3.05, 3.63) is 0 Å². The summed E-state index contributed by atoms with van der Waals surface area (Å²) in [5, 5.41) is 0. The van der Waals surface area contributed by atoms with E-state index in [-0.39, 0.29) is 18.1 Å². The summed E-state index contributed by atoms with van der Waals surface area (Å²) in [6.45, 7) is 2.19. The van der Waals surface area contributed by atoms with Crippen LogP contribution >= 0.6 is 0 Å². The topological polar surface area (TPSA) is 38.8 Å². The minimum atomic E-state index is -0.171. The molecule has 4 heteroatoms. The van der Waals surface area contributed by atoms with Gasteiger partial charge in [0.2, 0.25) is 0 Å². The molecule has 0 N–H and O–H groups in total. The van der Waals surface area contributed by atoms with Gasteiger partial charge >= 0.3 is 0 Å². The van der Waals surface area contributed by atoms with Crippen LogP contribution in [0.5, 0.6) is 0 Å². The highest BCUT2D eigenvalue weighted by Gasteiger charge is 2.39. The number of rotatable bonds is 1. The second-order valence-electron chi connectivity index (χ2n) is 5.29. The summed E-state index contributed by atoms with van der Waals surface area (Å²) in [5.74, 6) is 0.211. The van der Waals surface area contributed by atoms with Crippen molar-refractivity contribution in [1.82, 2.24) is 4.90 Å². The van der Waals surface area contributed by atoms with Gasteiger partial charge in [0.15, 0.2) is 0 Å². The van der Waals surface area contributed by atoms with Gasteiger partial charge < -0.3 is 14.4 Å². The maximum Gasteiger partial charge on any atom is 0.252 e. The molecule has 96 valence electrons. The molecule has 3 fully saturated rings. The van der Waals surface area contributed by atoms with Gasteiger partial charge in [-0.1, -0.05) is 12.8 Å². The second-order valence-corrected chi connectivity index (χ2v) is 5.29. The van der Waals surface area contributed by atoms with Gasteiger partial charge in [-0.3, -0.25) is 4.79 Å². The molecule has 2 saturated heterocycles. The zero-order valence-corrected chi connectivity index (χ0v) is 10.3. The average molecular weight is 239 g/mol. The van der Waals surface area contributed by atoms with Crippen molar-refractivity contribution in [2.75, 3.05) is 19.8 Å². The van der Waals surface area contributed by atoms with Crippen LogP contribution in [0, 0.1) is 0 Å². The number of hydrogen-bond donors (Lipinski definition) is 0. The van der Waals surface area contributed by atoms with E-state index in [1.54, 1.807) is 0 Å². The lowest BCUT2D eigenvalue weighted by Crippen LogP contribution is -2.57. The smallest absolute Gasteiger partial charge is 0.252 e. The number of carbonyl (C=O) groups is 1. The number of fused-ring (bicyclic) bond motifs is 1. The van der Waals surface area contributed by atoms with Crippen LogP contribution in [0.15, 0.2) is 0 Å². The van der Waals surface area contributed by atoms with E-state index in [1.165, 1.54) is 12.8 Å². The van der Waals surface area contributed by atoms with E-state index >= 15 is 0 Å². The number of carbonyl (C=O) groups excluding carboxylic acids is 1. The van der Waals surface area contributed by atoms with Crippen LogP contribution in [0.4, 0.5) is 0 Å². The number of amides is 1. The highest BCUT2D eigenvalue weighted by atomic mass is 16.5. The van der Waals surface area contributed by atoms with Crippen LogP contribution in [0.1, 0.15) is 38.5 Å². The lowest BCUT2D eigenvalue weighted by molar-refractivity contribution is -0.158. The first-order valence-corrected chi connectivity index (χ1v) is 6.90. The lowest BCUT2D eigenvalue weighted by Gasteiger charge is -2.44. The Balaban J connectivity index is 1.69. The quantitative estimate of drug-likeness (QED) is 0.693. The fourth-order valence-corrected chi connectivity index (χ4v) is 3.33. The first-order chi connectivity index (χ1) is 8.36. The van der Waals surface area contributed by atoms with Gasteiger partial charge in [-0.2, -0.15) is 0 Å². The Labute approximate surface area is 102 Å². The second kappa shape index (κ2) is 4.94. The van der Waals surface area contributed by atoms with Gasteiger partial charge in [-0.15, -0.1) is 0 Å². The third-order valence-electron chi connectivity index (χ3n) is 4.22. The highest BCUT2D eigenvalue weighted by molar-refractivity contribution is 5.81. The maximum absolute atomic E-state index is 12.4. The molecule has 0 aromatic heterocycles. The van der Waals surface area contributed by atoms with Crippen molar-refractivity contribution >= 4 is 5.91 Å². The Kier molecular flexibility index (Phi) is 3.34. The van der Waals surface area contributed by atoms with Gasteiger partial charge in [-0.05, 0) is 25.7 Å². The monoisotopic (exact) mass is 239 g/mol. The Morgan fingerprint density at radius 2 is 1.88 bits per heavy atom. The Morgan fingerprint density at radius 1 is 1.00 bits per heavy atom. The molecule has 2 aliphatic heterocycles. The average Bonchev–Trinajstić information content (AvgIpc) is 2.91. The van der Waals surface area contributed by atoms with Crippen LogP contribution in [-0.4, -0.2) is 48.8 Å². The number of nitrogens with zero attached hydrogens (tertiary/aromatic N) is 1. The minimum Gasteiger partial charge on any atom is -0.374 e. The standard InChI is InChI=1S/C13H21NO3/c15-13(12-6-3-8-16-12)14-7-9-17-11-5-2-1-4-10(11)14/h10-12H,1-9H2/t10-,11+,12-/m0/s1. The zero-order chi connectivity index (χ0) is 11.7. The first-order valence-electron chi connectivity index (χ1n) is 6.90. The summed E-state index contributed by atoms with van der Waals surface area (Å²) in [5.41, 5.74) is 0. The van der Waals surface area contributed by atoms with E-state index in [0.717, 1.165) is 38.8 Å². The van der Waals surface area contributed by atoms with Crippen LogP contribution < -0.4 is 0 Å². The molecule has 1 amide bonds. The normalized spacial score (nSPS) is 37.9. The largest absolute Gasteiger partial charge is 0.374 e. The molecule has 4 nitrogen and oxygen atoms in total. The predicted octanol–water partition coefficient (Wildman–Crippen LogP) is 1.34. The molecule has 1 aliphatic carbocycles. The van der Waals surface area contributed by atoms with Crippen molar-refractivity contribution in [1.29, 1.82) is 0 Å². The molecule has 0 aromatic rings. The van der Waals surface area contributed by atoms with Gasteiger partial charge in [0.05, 0.1) is 18.8 Å². The van der Waals surface area contributed by atoms with Gasteiger partial charge in [-0.25, -0.2) is 0 Å². The highest BCUT2D eigenvalue weighted by Crippen LogP contribution is 2.29. The first kappa shape index (κ1) is 11.5. The molecule has 2 heterocycles. The van der Waals surface area contributed by atoms with Crippen molar-refractivity contribution in [3.63, 3.8) is 0 Å². The fraction of sp³-hybridized carbons (Fsp3) is 0.923. The van der Waals surface area contributed by atoms with E-state index < -0.39 is 0 Å². The molecule has 1 saturated carbocycles. The summed E-state index contributed by atoms with van der Waals surface area (Å²) < 4.78 is 11.3. The Bertz CT molecular complexity index is 286. The van der Waals surface area contributed by atoms with E-state index in [4.69, 9.17) is 9.47 Å². The third-order valence-corrected chi connectivity index (χ3v) is 4.22. The predicted molar refractivity (Wildman–Crippen MR) is 62.7 cm³/mol. The Hall–Kier alpha value is -0.610. The number of hydrogen-bond acceptors (Lipinski definition) is 3. The molecule has 3 aliphatic rings. The molecule has 17 heavy (non-hydrogen) atoms. The van der Waals surface area contributed by atoms with Crippen molar-refractivity contribution in [2.24, 2.45) is 0 Å². The van der Waals surface area contributed by atoms with E-state index in [2.05, 4.69) is 0 Å². The van der Waals surface area contributed by atoms with Gasteiger partial charge in [0, 0.05) is 13.2 Å².